The highest BCUT2D eigenvalue weighted by Crippen LogP contribution is 2.36. The van der Waals surface area contributed by atoms with Crippen molar-refractivity contribution in [3.63, 3.8) is 0 Å². The van der Waals surface area contributed by atoms with E-state index in [4.69, 9.17) is 15.2 Å². The van der Waals surface area contributed by atoms with E-state index in [9.17, 15) is 9.90 Å². The molecule has 0 radical (unpaired) electrons. The van der Waals surface area contributed by atoms with Crippen LogP contribution in [0.5, 0.6) is 0 Å². The molecular weight excluding hydrogens is 290 g/mol. The Balaban J connectivity index is 2.03. The lowest BCUT2D eigenvalue weighted by atomic mass is 9.97. The van der Waals surface area contributed by atoms with Crippen LogP contribution in [0.4, 0.5) is 5.95 Å². The number of nitrogen functional groups attached to an aromatic ring is 1. The summed E-state index contributed by atoms with van der Waals surface area (Å²) < 4.78 is 12.6. The summed E-state index contributed by atoms with van der Waals surface area (Å²) in [6, 6.07) is 0. The van der Waals surface area contributed by atoms with Gasteiger partial charge in [-0.3, -0.25) is 14.3 Å². The minimum atomic E-state index is -0.787. The van der Waals surface area contributed by atoms with Crippen LogP contribution in [0.3, 0.4) is 0 Å². The summed E-state index contributed by atoms with van der Waals surface area (Å²) in [7, 11) is 1.58. The number of imidazole rings is 1. The summed E-state index contributed by atoms with van der Waals surface area (Å²) in [5.41, 5.74) is 5.61. The fourth-order valence-corrected chi connectivity index (χ4v) is 2.95. The Kier molecular flexibility index (Phi) is 3.85. The predicted octanol–water partition coefficient (Wildman–Crippen LogP) is -0.367. The van der Waals surface area contributed by atoms with Crippen LogP contribution >= 0.6 is 0 Å². The Bertz CT molecular complexity index is 727. The monoisotopic (exact) mass is 309 g/mol. The summed E-state index contributed by atoms with van der Waals surface area (Å²) in [5, 5.41) is 10.6. The molecule has 4 atom stereocenters. The number of ether oxygens (including phenoxy) is 2. The summed E-state index contributed by atoms with van der Waals surface area (Å²) in [6.45, 7) is 2.37. The van der Waals surface area contributed by atoms with Crippen LogP contribution in [0.1, 0.15) is 19.6 Å². The van der Waals surface area contributed by atoms with E-state index in [2.05, 4.69) is 15.0 Å². The van der Waals surface area contributed by atoms with E-state index in [-0.39, 0.29) is 23.5 Å². The highest BCUT2D eigenvalue weighted by molar-refractivity contribution is 5.70. The number of aromatic amines is 1. The molecule has 9 nitrogen and oxygen atoms in total. The molecule has 0 spiro atoms. The van der Waals surface area contributed by atoms with Crippen LogP contribution < -0.4 is 11.3 Å². The van der Waals surface area contributed by atoms with Crippen LogP contribution in [-0.2, 0) is 9.47 Å². The normalized spacial score (nSPS) is 28.5. The molecule has 3 rings (SSSR count). The summed E-state index contributed by atoms with van der Waals surface area (Å²) >= 11 is 0. The maximum absolute atomic E-state index is 11.8. The second-order valence-electron chi connectivity index (χ2n) is 5.36. The molecule has 1 saturated heterocycles. The van der Waals surface area contributed by atoms with Gasteiger partial charge in [-0.1, -0.05) is 6.92 Å². The van der Waals surface area contributed by atoms with Crippen molar-refractivity contribution in [2.24, 2.45) is 5.92 Å². The van der Waals surface area contributed by atoms with Crippen molar-refractivity contribution in [3.8, 4) is 0 Å². The Morgan fingerprint density at radius 2 is 2.36 bits per heavy atom. The fourth-order valence-electron chi connectivity index (χ4n) is 2.95. The summed E-state index contributed by atoms with van der Waals surface area (Å²) in [4.78, 5) is 22.3. The van der Waals surface area contributed by atoms with Crippen molar-refractivity contribution < 1.29 is 14.6 Å². The van der Waals surface area contributed by atoms with Crippen molar-refractivity contribution in [1.82, 2.24) is 19.5 Å². The lowest BCUT2D eigenvalue weighted by molar-refractivity contribution is -0.0355. The Labute approximate surface area is 126 Å². The third-order valence-electron chi connectivity index (χ3n) is 4.01. The molecule has 0 unspecified atom stereocenters. The number of nitrogens with two attached hydrogens (primary N) is 1. The first-order chi connectivity index (χ1) is 10.6. The molecule has 0 aliphatic carbocycles. The zero-order chi connectivity index (χ0) is 15.9. The van der Waals surface area contributed by atoms with Crippen LogP contribution in [0, 0.1) is 5.92 Å². The van der Waals surface area contributed by atoms with E-state index in [1.807, 2.05) is 6.92 Å². The molecule has 2 aromatic heterocycles. The molecule has 120 valence electrons. The smallest absolute Gasteiger partial charge is 0.280 e. The number of nitrogens with zero attached hydrogens (tertiary/aromatic N) is 3. The number of aromatic nitrogens is 4. The van der Waals surface area contributed by atoms with E-state index in [0.29, 0.717) is 12.3 Å². The Morgan fingerprint density at radius 1 is 1.59 bits per heavy atom. The van der Waals surface area contributed by atoms with E-state index in [1.165, 1.54) is 6.33 Å². The minimum Gasteiger partial charge on any atom is -0.388 e. The first-order valence-corrected chi connectivity index (χ1v) is 7.11. The number of rotatable bonds is 4. The Morgan fingerprint density at radius 3 is 3.05 bits per heavy atom. The van der Waals surface area contributed by atoms with Crippen molar-refractivity contribution in [2.45, 2.75) is 31.8 Å². The van der Waals surface area contributed by atoms with Gasteiger partial charge in [0.05, 0.1) is 19.0 Å². The number of anilines is 1. The van der Waals surface area contributed by atoms with Gasteiger partial charge in [-0.2, -0.15) is 4.98 Å². The van der Waals surface area contributed by atoms with Crippen molar-refractivity contribution >= 4 is 17.1 Å². The maximum Gasteiger partial charge on any atom is 0.280 e. The summed E-state index contributed by atoms with van der Waals surface area (Å²) in [5.74, 6) is -0.163. The third-order valence-corrected chi connectivity index (χ3v) is 4.01. The molecule has 1 aliphatic rings. The Hall–Kier alpha value is -1.97. The van der Waals surface area contributed by atoms with Crippen LogP contribution in [-0.4, -0.2) is 50.6 Å². The highest BCUT2D eigenvalue weighted by Gasteiger charge is 2.44. The van der Waals surface area contributed by atoms with Crippen LogP contribution in [0.25, 0.3) is 11.2 Å². The zero-order valence-corrected chi connectivity index (χ0v) is 12.4. The molecule has 4 N–H and O–H groups in total. The van der Waals surface area contributed by atoms with Gasteiger partial charge in [0.2, 0.25) is 5.95 Å². The second-order valence-corrected chi connectivity index (χ2v) is 5.36. The quantitative estimate of drug-likeness (QED) is 0.703. The minimum absolute atomic E-state index is 0.00720. The first-order valence-electron chi connectivity index (χ1n) is 7.11. The molecule has 2 aromatic rings. The molecule has 3 heterocycles. The standard InChI is InChI=1S/C13H19N5O4/c1-3-7-6(4-21-2)9(19)12(22-7)18-5-15-8-10(18)16-13(14)17-11(8)20/h5-7,9,12,19H,3-4H2,1-2H3,(H3,14,16,17,20)/t6-,7-,9-,12-/m1/s1. The van der Waals surface area contributed by atoms with E-state index >= 15 is 0 Å². The molecule has 0 aromatic carbocycles. The number of nitrogens with one attached hydrogen (secondary N) is 1. The van der Waals surface area contributed by atoms with Gasteiger partial charge in [-0.15, -0.1) is 0 Å². The SMILES string of the molecule is CC[C@H]1O[C@@H](n2cnc3c(=O)[nH]c(N)nc32)[C@H](O)[C@@H]1COC. The van der Waals surface area contributed by atoms with Gasteiger partial charge < -0.3 is 20.3 Å². The number of H-pyrrole nitrogens is 1. The molecule has 9 heteroatoms. The molecule has 1 aliphatic heterocycles. The maximum atomic E-state index is 11.8. The largest absolute Gasteiger partial charge is 0.388 e. The first kappa shape index (κ1) is 14.9. The molecule has 1 fully saturated rings. The average molecular weight is 309 g/mol. The topological polar surface area (TPSA) is 128 Å². The fraction of sp³-hybridized carbons (Fsp3) is 0.615. The van der Waals surface area contributed by atoms with Gasteiger partial charge in [0.15, 0.2) is 17.4 Å². The number of methoxy groups -OCH3 is 1. The number of hydrogen-bond acceptors (Lipinski definition) is 7. The van der Waals surface area contributed by atoms with E-state index in [0.717, 1.165) is 6.42 Å². The zero-order valence-electron chi connectivity index (χ0n) is 12.4. The van der Waals surface area contributed by atoms with Gasteiger partial charge in [-0.05, 0) is 6.42 Å². The van der Waals surface area contributed by atoms with Crippen molar-refractivity contribution in [3.05, 3.63) is 16.7 Å². The van der Waals surface area contributed by atoms with Gasteiger partial charge in [0, 0.05) is 13.0 Å². The van der Waals surface area contributed by atoms with Gasteiger partial charge >= 0.3 is 0 Å². The third kappa shape index (κ3) is 2.27. The average Bonchev–Trinajstić information content (AvgIpc) is 3.02. The molecule has 0 bridgehead atoms. The lowest BCUT2D eigenvalue weighted by Gasteiger charge is -2.18. The second kappa shape index (κ2) is 5.67. The summed E-state index contributed by atoms with van der Waals surface area (Å²) in [6.07, 6.45) is 0.567. The molecular formula is C13H19N5O4. The number of fused-ring (bicyclic) bond motifs is 1. The number of aliphatic hydroxyl groups excluding tert-OH is 1. The lowest BCUT2D eigenvalue weighted by Crippen LogP contribution is -2.30. The molecule has 22 heavy (non-hydrogen) atoms. The molecule has 0 saturated carbocycles. The van der Waals surface area contributed by atoms with E-state index in [1.54, 1.807) is 11.7 Å². The van der Waals surface area contributed by atoms with Crippen molar-refractivity contribution in [1.29, 1.82) is 0 Å². The van der Waals surface area contributed by atoms with E-state index < -0.39 is 17.9 Å². The van der Waals surface area contributed by atoms with Gasteiger partial charge in [-0.25, -0.2) is 4.98 Å². The van der Waals surface area contributed by atoms with Gasteiger partial charge in [0.25, 0.3) is 5.56 Å². The molecule has 0 amide bonds. The van der Waals surface area contributed by atoms with Crippen LogP contribution in [0.2, 0.25) is 0 Å². The van der Waals surface area contributed by atoms with Gasteiger partial charge in [0.1, 0.15) is 6.10 Å². The predicted molar refractivity (Wildman–Crippen MR) is 78.1 cm³/mol. The highest BCUT2D eigenvalue weighted by atomic mass is 16.5. The number of hydrogen-bond donors (Lipinski definition) is 3. The van der Waals surface area contributed by atoms with Crippen LogP contribution in [0.15, 0.2) is 11.1 Å². The number of aliphatic hydroxyl groups is 1. The van der Waals surface area contributed by atoms with Crippen molar-refractivity contribution in [2.75, 3.05) is 19.5 Å².